The third kappa shape index (κ3) is 5.00. The second-order valence-corrected chi connectivity index (χ2v) is 6.68. The van der Waals surface area contributed by atoms with Gasteiger partial charge in [0.25, 0.3) is 5.91 Å². The molecule has 0 saturated carbocycles. The van der Waals surface area contributed by atoms with Crippen LogP contribution in [-0.4, -0.2) is 40.8 Å². The largest absolute Gasteiger partial charge is 0.496 e. The Labute approximate surface area is 176 Å². The van der Waals surface area contributed by atoms with Gasteiger partial charge in [0.15, 0.2) is 0 Å². The number of methoxy groups -OCH3 is 1. The fourth-order valence-corrected chi connectivity index (χ4v) is 3.42. The molecule has 150 valence electrons. The van der Waals surface area contributed by atoms with Crippen LogP contribution in [0.25, 0.3) is 0 Å². The van der Waals surface area contributed by atoms with Crippen molar-refractivity contribution in [2.24, 2.45) is 0 Å². The second-order valence-electron chi connectivity index (χ2n) is 6.27. The van der Waals surface area contributed by atoms with Crippen molar-refractivity contribution in [1.82, 2.24) is 14.7 Å². The van der Waals surface area contributed by atoms with Crippen molar-refractivity contribution in [3.05, 3.63) is 40.7 Å². The fourth-order valence-electron chi connectivity index (χ4n) is 3.25. The van der Waals surface area contributed by atoms with Gasteiger partial charge in [-0.15, -0.1) is 24.8 Å². The first-order valence-electron chi connectivity index (χ1n) is 8.48. The number of aryl methyl sites for hydroxylation is 1. The summed E-state index contributed by atoms with van der Waals surface area (Å²) in [6, 6.07) is 3.19. The number of likely N-dealkylation sites (tertiary alicyclic amines) is 1. The molecule has 0 spiro atoms. The molecule has 1 aliphatic heterocycles. The summed E-state index contributed by atoms with van der Waals surface area (Å²) < 4.78 is 7.24. The van der Waals surface area contributed by atoms with E-state index in [4.69, 9.17) is 22.1 Å². The first-order valence-corrected chi connectivity index (χ1v) is 8.86. The number of aromatic nitrogens is 2. The van der Waals surface area contributed by atoms with Crippen LogP contribution in [0.2, 0.25) is 5.02 Å². The summed E-state index contributed by atoms with van der Waals surface area (Å²) in [5, 5.41) is 4.71. The fraction of sp³-hybridized carbons (Fsp3) is 0.444. The van der Waals surface area contributed by atoms with Gasteiger partial charge in [0.2, 0.25) is 0 Å². The molecule has 3 rings (SSSR count). The zero-order valence-corrected chi connectivity index (χ0v) is 17.7. The molecule has 6 nitrogen and oxygen atoms in total. The number of benzene rings is 1. The summed E-state index contributed by atoms with van der Waals surface area (Å²) in [5.41, 5.74) is 7.91. The van der Waals surface area contributed by atoms with Gasteiger partial charge < -0.3 is 15.4 Å². The van der Waals surface area contributed by atoms with Gasteiger partial charge in [-0.1, -0.05) is 11.6 Å². The van der Waals surface area contributed by atoms with Crippen molar-refractivity contribution >= 4 is 48.0 Å². The number of rotatable bonds is 4. The van der Waals surface area contributed by atoms with Crippen LogP contribution >= 0.6 is 36.4 Å². The number of amides is 1. The summed E-state index contributed by atoms with van der Waals surface area (Å²) in [5.74, 6) is 0.834. The van der Waals surface area contributed by atoms with E-state index >= 15 is 0 Å². The topological polar surface area (TPSA) is 73.4 Å². The number of carbonyl (C=O) groups excluding carboxylic acids is 1. The van der Waals surface area contributed by atoms with Crippen molar-refractivity contribution in [3.8, 4) is 5.75 Å². The standard InChI is InChI=1S/C18H23ClN4O2.2ClH/c1-3-23-11-13(10-21-23)12-4-6-22(7-5-12)18(24)14-8-15(19)16(20)9-17(14)25-2;;/h8-12H,3-7,20H2,1-2H3;2*1H. The minimum Gasteiger partial charge on any atom is -0.496 e. The molecular formula is C18H25Cl3N4O2. The van der Waals surface area contributed by atoms with E-state index in [9.17, 15) is 4.79 Å². The Morgan fingerprint density at radius 1 is 1.33 bits per heavy atom. The molecule has 2 aromatic rings. The number of hydrogen-bond acceptors (Lipinski definition) is 4. The lowest BCUT2D eigenvalue weighted by Crippen LogP contribution is -2.38. The monoisotopic (exact) mass is 434 g/mol. The van der Waals surface area contributed by atoms with Gasteiger partial charge in [-0.2, -0.15) is 5.10 Å². The van der Waals surface area contributed by atoms with Crippen LogP contribution in [-0.2, 0) is 6.54 Å². The maximum atomic E-state index is 12.9. The molecule has 0 atom stereocenters. The Bertz CT molecular complexity index is 774. The van der Waals surface area contributed by atoms with E-state index in [2.05, 4.69) is 18.2 Å². The highest BCUT2D eigenvalue weighted by Crippen LogP contribution is 2.32. The normalized spacial score (nSPS) is 14.3. The molecule has 0 radical (unpaired) electrons. The average molecular weight is 436 g/mol. The number of piperidine rings is 1. The maximum absolute atomic E-state index is 12.9. The molecule has 0 unspecified atom stereocenters. The van der Waals surface area contributed by atoms with Crippen LogP contribution in [0, 0.1) is 0 Å². The molecule has 1 aliphatic rings. The molecule has 1 fully saturated rings. The Hall–Kier alpha value is -1.63. The Kier molecular flexibility index (Phi) is 8.72. The number of nitrogens with zero attached hydrogens (tertiary/aromatic N) is 3. The number of hydrogen-bond donors (Lipinski definition) is 1. The smallest absolute Gasteiger partial charge is 0.257 e. The number of carbonyl (C=O) groups is 1. The van der Waals surface area contributed by atoms with Crippen LogP contribution in [0.4, 0.5) is 5.69 Å². The van der Waals surface area contributed by atoms with Crippen molar-refractivity contribution in [2.45, 2.75) is 32.2 Å². The Balaban J connectivity index is 0.00000182. The van der Waals surface area contributed by atoms with Gasteiger partial charge in [-0.25, -0.2) is 0 Å². The minimum atomic E-state index is -0.0681. The number of nitrogens with two attached hydrogens (primary N) is 1. The van der Waals surface area contributed by atoms with Gasteiger partial charge in [-0.3, -0.25) is 9.48 Å². The zero-order chi connectivity index (χ0) is 18.0. The quantitative estimate of drug-likeness (QED) is 0.736. The predicted molar refractivity (Wildman–Crippen MR) is 113 cm³/mol. The van der Waals surface area contributed by atoms with E-state index in [1.807, 2.05) is 15.8 Å². The van der Waals surface area contributed by atoms with Gasteiger partial charge in [0.1, 0.15) is 5.75 Å². The van der Waals surface area contributed by atoms with E-state index in [1.165, 1.54) is 12.7 Å². The third-order valence-electron chi connectivity index (χ3n) is 4.78. The molecule has 0 aliphatic carbocycles. The van der Waals surface area contributed by atoms with Gasteiger partial charge in [-0.05, 0) is 37.3 Å². The van der Waals surface area contributed by atoms with E-state index in [-0.39, 0.29) is 30.7 Å². The number of nitrogen functional groups attached to an aromatic ring is 1. The molecule has 9 heteroatoms. The molecule has 0 bridgehead atoms. The van der Waals surface area contributed by atoms with E-state index in [0.29, 0.717) is 41.0 Å². The minimum absolute atomic E-state index is 0. The van der Waals surface area contributed by atoms with Crippen LogP contribution in [0.5, 0.6) is 5.75 Å². The lowest BCUT2D eigenvalue weighted by atomic mass is 9.91. The van der Waals surface area contributed by atoms with E-state index in [0.717, 1.165) is 19.4 Å². The second kappa shape index (κ2) is 10.1. The van der Waals surface area contributed by atoms with Gasteiger partial charge in [0, 0.05) is 31.9 Å². The Morgan fingerprint density at radius 3 is 2.56 bits per heavy atom. The highest BCUT2D eigenvalue weighted by Gasteiger charge is 2.27. The summed E-state index contributed by atoms with van der Waals surface area (Å²) in [6.07, 6.45) is 5.89. The van der Waals surface area contributed by atoms with Crippen molar-refractivity contribution in [2.75, 3.05) is 25.9 Å². The molecular weight excluding hydrogens is 411 g/mol. The lowest BCUT2D eigenvalue weighted by molar-refractivity contribution is 0.0709. The van der Waals surface area contributed by atoms with E-state index in [1.54, 1.807) is 12.1 Å². The number of ether oxygens (including phenoxy) is 1. The molecule has 1 saturated heterocycles. The summed E-state index contributed by atoms with van der Waals surface area (Å²) >= 11 is 6.08. The van der Waals surface area contributed by atoms with Crippen molar-refractivity contribution in [1.29, 1.82) is 0 Å². The molecule has 1 aromatic carbocycles. The first-order chi connectivity index (χ1) is 12.0. The summed E-state index contributed by atoms with van der Waals surface area (Å²) in [4.78, 5) is 14.7. The SMILES string of the molecule is CCn1cc(C2CCN(C(=O)c3cc(Cl)c(N)cc3OC)CC2)cn1.Cl.Cl. The summed E-state index contributed by atoms with van der Waals surface area (Å²) in [6.45, 7) is 4.34. The number of halogens is 3. The van der Waals surface area contributed by atoms with Crippen molar-refractivity contribution in [3.63, 3.8) is 0 Å². The highest BCUT2D eigenvalue weighted by atomic mass is 35.5. The van der Waals surface area contributed by atoms with Gasteiger partial charge in [0.05, 0.1) is 29.6 Å². The summed E-state index contributed by atoms with van der Waals surface area (Å²) in [7, 11) is 1.52. The molecule has 1 aromatic heterocycles. The van der Waals surface area contributed by atoms with Crippen LogP contribution in [0.1, 0.15) is 41.6 Å². The number of anilines is 1. The molecule has 2 heterocycles. The third-order valence-corrected chi connectivity index (χ3v) is 5.11. The maximum Gasteiger partial charge on any atom is 0.257 e. The lowest BCUT2D eigenvalue weighted by Gasteiger charge is -2.32. The zero-order valence-electron chi connectivity index (χ0n) is 15.4. The van der Waals surface area contributed by atoms with Crippen LogP contribution < -0.4 is 10.5 Å². The first kappa shape index (κ1) is 23.4. The van der Waals surface area contributed by atoms with Gasteiger partial charge >= 0.3 is 0 Å². The predicted octanol–water partition coefficient (Wildman–Crippen LogP) is 4.01. The highest BCUT2D eigenvalue weighted by molar-refractivity contribution is 6.33. The molecule has 2 N–H and O–H groups in total. The molecule has 27 heavy (non-hydrogen) atoms. The average Bonchev–Trinajstić information content (AvgIpc) is 3.12. The van der Waals surface area contributed by atoms with E-state index < -0.39 is 0 Å². The van der Waals surface area contributed by atoms with Crippen LogP contribution in [0.3, 0.4) is 0 Å². The Morgan fingerprint density at radius 2 is 2.00 bits per heavy atom. The van der Waals surface area contributed by atoms with Crippen LogP contribution in [0.15, 0.2) is 24.5 Å². The van der Waals surface area contributed by atoms with Crippen molar-refractivity contribution < 1.29 is 9.53 Å². The molecule has 1 amide bonds.